The molecule has 0 spiro atoms. The minimum atomic E-state index is -0.153. The predicted octanol–water partition coefficient (Wildman–Crippen LogP) is 3.22. The highest BCUT2D eigenvalue weighted by molar-refractivity contribution is 5.40. The van der Waals surface area contributed by atoms with Gasteiger partial charge in [-0.2, -0.15) is 0 Å². The van der Waals surface area contributed by atoms with Crippen molar-refractivity contribution in [2.24, 2.45) is 0 Å². The van der Waals surface area contributed by atoms with Gasteiger partial charge in [0.2, 0.25) is 11.8 Å². The Kier molecular flexibility index (Phi) is 3.07. The summed E-state index contributed by atoms with van der Waals surface area (Å²) in [5.41, 5.74) is 2.60. The molecule has 1 aliphatic carbocycles. The molecule has 2 atom stereocenters. The molecule has 21 heavy (non-hydrogen) atoms. The van der Waals surface area contributed by atoms with Gasteiger partial charge in [-0.25, -0.2) is 0 Å². The van der Waals surface area contributed by atoms with Crippen LogP contribution in [0.3, 0.4) is 0 Å². The van der Waals surface area contributed by atoms with Gasteiger partial charge in [0.15, 0.2) is 0 Å². The lowest BCUT2D eigenvalue weighted by Crippen LogP contribution is -2.29. The summed E-state index contributed by atoms with van der Waals surface area (Å²) in [6.45, 7) is 3.73. The first-order chi connectivity index (χ1) is 10.3. The standard InChI is InChI=1S/C17H20N2O2/c1-17(9-4-6-12-5-2-3-7-14(12)17)16-19-18-15(21-16)13-8-10-20-11-13/h2-3,5,7,13H,4,6,8-11H2,1H3. The van der Waals surface area contributed by atoms with Crippen LogP contribution in [0.5, 0.6) is 0 Å². The summed E-state index contributed by atoms with van der Waals surface area (Å²) in [6, 6.07) is 8.63. The highest BCUT2D eigenvalue weighted by Crippen LogP contribution is 2.42. The summed E-state index contributed by atoms with van der Waals surface area (Å²) in [5, 5.41) is 8.68. The second kappa shape index (κ2) is 4.95. The van der Waals surface area contributed by atoms with Gasteiger partial charge in [-0.05, 0) is 43.7 Å². The highest BCUT2D eigenvalue weighted by atomic mass is 16.5. The van der Waals surface area contributed by atoms with Crippen molar-refractivity contribution in [1.29, 1.82) is 0 Å². The van der Waals surface area contributed by atoms with Crippen LogP contribution in [0.4, 0.5) is 0 Å². The molecule has 4 nitrogen and oxygen atoms in total. The van der Waals surface area contributed by atoms with E-state index in [1.54, 1.807) is 0 Å². The zero-order valence-electron chi connectivity index (χ0n) is 12.3. The molecule has 110 valence electrons. The lowest BCUT2D eigenvalue weighted by molar-refractivity contribution is 0.190. The molecule has 1 fully saturated rings. The van der Waals surface area contributed by atoms with Gasteiger partial charge in [0.05, 0.1) is 17.9 Å². The number of fused-ring (bicyclic) bond motifs is 1. The number of aromatic nitrogens is 2. The molecule has 1 saturated heterocycles. The van der Waals surface area contributed by atoms with Gasteiger partial charge in [-0.3, -0.25) is 0 Å². The molecule has 0 bridgehead atoms. The van der Waals surface area contributed by atoms with Crippen molar-refractivity contribution in [2.45, 2.75) is 43.9 Å². The Morgan fingerprint density at radius 1 is 1.24 bits per heavy atom. The third-order valence-corrected chi connectivity index (χ3v) is 4.93. The van der Waals surface area contributed by atoms with E-state index in [9.17, 15) is 0 Å². The Bertz CT molecular complexity index is 646. The van der Waals surface area contributed by atoms with Crippen LogP contribution in [0.15, 0.2) is 28.7 Å². The minimum Gasteiger partial charge on any atom is -0.424 e. The van der Waals surface area contributed by atoms with Gasteiger partial charge in [-0.15, -0.1) is 10.2 Å². The van der Waals surface area contributed by atoms with Gasteiger partial charge in [0.25, 0.3) is 0 Å². The van der Waals surface area contributed by atoms with Gasteiger partial charge >= 0.3 is 0 Å². The summed E-state index contributed by atoms with van der Waals surface area (Å²) >= 11 is 0. The summed E-state index contributed by atoms with van der Waals surface area (Å²) in [4.78, 5) is 0. The van der Waals surface area contributed by atoms with E-state index in [2.05, 4.69) is 41.4 Å². The maximum absolute atomic E-state index is 6.06. The van der Waals surface area contributed by atoms with Crippen LogP contribution < -0.4 is 0 Å². The Labute approximate surface area is 124 Å². The molecule has 4 rings (SSSR count). The Hall–Kier alpha value is -1.68. The van der Waals surface area contributed by atoms with E-state index in [-0.39, 0.29) is 11.3 Å². The largest absolute Gasteiger partial charge is 0.424 e. The second-order valence-corrected chi connectivity index (χ2v) is 6.35. The molecule has 2 heterocycles. The molecule has 1 aromatic heterocycles. The van der Waals surface area contributed by atoms with Crippen LogP contribution in [-0.4, -0.2) is 23.4 Å². The van der Waals surface area contributed by atoms with Crippen molar-refractivity contribution < 1.29 is 9.15 Å². The summed E-state index contributed by atoms with van der Waals surface area (Å²) in [5.74, 6) is 1.78. The fourth-order valence-electron chi connectivity index (χ4n) is 3.62. The van der Waals surface area contributed by atoms with E-state index in [1.165, 1.54) is 11.1 Å². The number of aryl methyl sites for hydroxylation is 1. The van der Waals surface area contributed by atoms with Crippen LogP contribution in [-0.2, 0) is 16.6 Å². The van der Waals surface area contributed by atoms with Crippen molar-refractivity contribution in [2.75, 3.05) is 13.2 Å². The highest BCUT2D eigenvalue weighted by Gasteiger charge is 2.39. The van der Waals surface area contributed by atoms with Gasteiger partial charge < -0.3 is 9.15 Å². The van der Waals surface area contributed by atoms with Crippen molar-refractivity contribution >= 4 is 0 Å². The fourth-order valence-corrected chi connectivity index (χ4v) is 3.62. The summed E-state index contributed by atoms with van der Waals surface area (Å²) in [7, 11) is 0. The van der Waals surface area contributed by atoms with E-state index in [4.69, 9.17) is 9.15 Å². The number of rotatable bonds is 2. The number of hydrogen-bond acceptors (Lipinski definition) is 4. The zero-order chi connectivity index (χ0) is 14.3. The van der Waals surface area contributed by atoms with Crippen molar-refractivity contribution in [3.8, 4) is 0 Å². The average molecular weight is 284 g/mol. The molecule has 0 amide bonds. The van der Waals surface area contributed by atoms with Gasteiger partial charge in [-0.1, -0.05) is 24.3 Å². The van der Waals surface area contributed by atoms with Crippen LogP contribution in [0, 0.1) is 0 Å². The SMILES string of the molecule is CC1(c2nnc(C3CCOC3)o2)CCCc2ccccc21. The first kappa shape index (κ1) is 13.0. The van der Waals surface area contributed by atoms with Crippen LogP contribution in [0.1, 0.15) is 55.0 Å². The molecule has 0 radical (unpaired) electrons. The number of benzene rings is 1. The summed E-state index contributed by atoms with van der Waals surface area (Å²) < 4.78 is 11.5. The molecule has 2 aromatic rings. The second-order valence-electron chi connectivity index (χ2n) is 6.35. The van der Waals surface area contributed by atoms with Crippen molar-refractivity contribution in [3.63, 3.8) is 0 Å². The molecular formula is C17H20N2O2. The first-order valence-corrected chi connectivity index (χ1v) is 7.77. The van der Waals surface area contributed by atoms with Gasteiger partial charge in [0.1, 0.15) is 0 Å². The van der Waals surface area contributed by atoms with E-state index >= 15 is 0 Å². The monoisotopic (exact) mass is 284 g/mol. The Morgan fingerprint density at radius 2 is 2.14 bits per heavy atom. The summed E-state index contributed by atoms with van der Waals surface area (Å²) in [6.07, 6.45) is 4.35. The van der Waals surface area contributed by atoms with Crippen molar-refractivity contribution in [1.82, 2.24) is 10.2 Å². The van der Waals surface area contributed by atoms with E-state index in [0.29, 0.717) is 6.61 Å². The normalized spacial score (nSPS) is 28.5. The fraction of sp³-hybridized carbons (Fsp3) is 0.529. The predicted molar refractivity (Wildman–Crippen MR) is 78.3 cm³/mol. The zero-order valence-corrected chi connectivity index (χ0v) is 12.3. The molecule has 0 saturated carbocycles. The van der Waals surface area contributed by atoms with Crippen LogP contribution >= 0.6 is 0 Å². The number of nitrogens with zero attached hydrogens (tertiary/aromatic N) is 2. The van der Waals surface area contributed by atoms with Gasteiger partial charge in [0, 0.05) is 6.61 Å². The van der Waals surface area contributed by atoms with Crippen molar-refractivity contribution in [3.05, 3.63) is 47.2 Å². The lowest BCUT2D eigenvalue weighted by Gasteiger charge is -2.32. The molecule has 2 aliphatic rings. The maximum Gasteiger partial charge on any atom is 0.226 e. The quantitative estimate of drug-likeness (QED) is 0.849. The Balaban J connectivity index is 1.72. The molecule has 0 N–H and O–H groups in total. The molecule has 1 aromatic carbocycles. The lowest BCUT2D eigenvalue weighted by atomic mass is 9.71. The molecular weight excluding hydrogens is 264 g/mol. The molecule has 2 unspecified atom stereocenters. The smallest absolute Gasteiger partial charge is 0.226 e. The van der Waals surface area contributed by atoms with E-state index < -0.39 is 0 Å². The van der Waals surface area contributed by atoms with Crippen LogP contribution in [0.2, 0.25) is 0 Å². The third kappa shape index (κ3) is 2.09. The van der Waals surface area contributed by atoms with E-state index in [0.717, 1.165) is 44.1 Å². The Morgan fingerprint density at radius 3 is 3.00 bits per heavy atom. The minimum absolute atomic E-state index is 0.153. The molecule has 1 aliphatic heterocycles. The maximum atomic E-state index is 6.06. The first-order valence-electron chi connectivity index (χ1n) is 7.77. The number of ether oxygens (including phenoxy) is 1. The van der Waals surface area contributed by atoms with Crippen LogP contribution in [0.25, 0.3) is 0 Å². The average Bonchev–Trinajstić information content (AvgIpc) is 3.19. The topological polar surface area (TPSA) is 48.2 Å². The third-order valence-electron chi connectivity index (χ3n) is 4.93. The van der Waals surface area contributed by atoms with E-state index in [1.807, 2.05) is 0 Å². The molecule has 4 heteroatoms. The number of hydrogen-bond donors (Lipinski definition) is 0.